The molecule has 1 aromatic rings. The topological polar surface area (TPSA) is 12.5 Å². The molecule has 0 aliphatic carbocycles. The third-order valence-corrected chi connectivity index (χ3v) is 3.61. The van der Waals surface area contributed by atoms with Crippen molar-refractivity contribution in [2.45, 2.75) is 39.5 Å². The molecule has 3 heteroatoms. The Morgan fingerprint density at radius 3 is 2.50 bits per heavy atom. The van der Waals surface area contributed by atoms with Crippen molar-refractivity contribution in [1.29, 1.82) is 0 Å². The molecule has 0 spiro atoms. The van der Waals surface area contributed by atoms with Crippen molar-refractivity contribution in [3.63, 3.8) is 0 Å². The minimum Gasteiger partial charge on any atom is -0.371 e. The molecule has 18 heavy (non-hydrogen) atoms. The Labute approximate surface area is 115 Å². The molecule has 1 saturated heterocycles. The number of morpholine rings is 1. The number of nitrogens with zero attached hydrogens (tertiary/aromatic N) is 1. The number of halogens is 1. The van der Waals surface area contributed by atoms with Gasteiger partial charge in [-0.05, 0) is 26.3 Å². The van der Waals surface area contributed by atoms with Crippen molar-refractivity contribution in [3.05, 3.63) is 34.9 Å². The minimum absolute atomic E-state index is 0.168. The van der Waals surface area contributed by atoms with Crippen LogP contribution in [0.25, 0.3) is 0 Å². The van der Waals surface area contributed by atoms with Crippen molar-refractivity contribution in [2.75, 3.05) is 19.0 Å². The van der Waals surface area contributed by atoms with Gasteiger partial charge in [0.05, 0.1) is 12.2 Å². The number of alkyl halides is 1. The van der Waals surface area contributed by atoms with Gasteiger partial charge in [0.25, 0.3) is 0 Å². The van der Waals surface area contributed by atoms with Crippen LogP contribution in [-0.4, -0.2) is 36.1 Å². The highest BCUT2D eigenvalue weighted by Crippen LogP contribution is 2.17. The lowest BCUT2D eigenvalue weighted by molar-refractivity contribution is -0.0688. The van der Waals surface area contributed by atoms with E-state index in [4.69, 9.17) is 16.3 Å². The molecule has 0 bridgehead atoms. The highest BCUT2D eigenvalue weighted by Gasteiger charge is 2.24. The lowest BCUT2D eigenvalue weighted by atomic mass is 10.1. The first kappa shape index (κ1) is 13.9. The second-order valence-electron chi connectivity index (χ2n) is 5.41. The average Bonchev–Trinajstić information content (AvgIpc) is 2.26. The SMILES string of the molecule is Cc1cc(C)cc(CN2CC(C)OC(CCl)C2)c1. The van der Waals surface area contributed by atoms with Gasteiger partial charge in [0.15, 0.2) is 0 Å². The van der Waals surface area contributed by atoms with Crippen LogP contribution in [0.15, 0.2) is 18.2 Å². The van der Waals surface area contributed by atoms with E-state index in [1.807, 2.05) is 0 Å². The first-order valence-electron chi connectivity index (χ1n) is 6.58. The third kappa shape index (κ3) is 3.71. The lowest BCUT2D eigenvalue weighted by Gasteiger charge is -2.36. The third-order valence-electron chi connectivity index (χ3n) is 3.26. The van der Waals surface area contributed by atoms with Crippen molar-refractivity contribution < 1.29 is 4.74 Å². The van der Waals surface area contributed by atoms with Gasteiger partial charge in [-0.25, -0.2) is 0 Å². The molecule has 1 heterocycles. The van der Waals surface area contributed by atoms with E-state index in [0.29, 0.717) is 5.88 Å². The summed E-state index contributed by atoms with van der Waals surface area (Å²) in [4.78, 5) is 2.44. The summed E-state index contributed by atoms with van der Waals surface area (Å²) in [7, 11) is 0. The van der Waals surface area contributed by atoms with Crippen LogP contribution in [0.1, 0.15) is 23.6 Å². The standard InChI is InChI=1S/C15H22ClNO/c1-11-4-12(2)6-14(5-11)9-17-8-13(3)18-15(7-16)10-17/h4-6,13,15H,7-10H2,1-3H3. The highest BCUT2D eigenvalue weighted by molar-refractivity contribution is 6.18. The predicted molar refractivity (Wildman–Crippen MR) is 76.2 cm³/mol. The molecular weight excluding hydrogens is 246 g/mol. The first-order chi connectivity index (χ1) is 8.56. The summed E-state index contributed by atoms with van der Waals surface area (Å²) in [6.45, 7) is 9.33. The van der Waals surface area contributed by atoms with E-state index in [1.165, 1.54) is 16.7 Å². The van der Waals surface area contributed by atoms with Gasteiger partial charge in [-0.1, -0.05) is 29.3 Å². The van der Waals surface area contributed by atoms with Gasteiger partial charge in [-0.15, -0.1) is 11.6 Å². The summed E-state index contributed by atoms with van der Waals surface area (Å²) >= 11 is 5.91. The van der Waals surface area contributed by atoms with Crippen molar-refractivity contribution in [1.82, 2.24) is 4.90 Å². The molecule has 0 aromatic heterocycles. The monoisotopic (exact) mass is 267 g/mol. The molecule has 0 saturated carbocycles. The Morgan fingerprint density at radius 2 is 1.89 bits per heavy atom. The maximum absolute atomic E-state index is 5.91. The number of ether oxygens (including phenoxy) is 1. The summed E-state index contributed by atoms with van der Waals surface area (Å²) in [5.74, 6) is 0.577. The number of aryl methyl sites for hydroxylation is 2. The second-order valence-corrected chi connectivity index (χ2v) is 5.72. The Hall–Kier alpha value is -0.570. The Kier molecular flexibility index (Phi) is 4.66. The zero-order valence-electron chi connectivity index (χ0n) is 11.4. The molecule has 1 fully saturated rings. The zero-order valence-corrected chi connectivity index (χ0v) is 12.2. The molecule has 100 valence electrons. The Balaban J connectivity index is 2.03. The molecule has 2 unspecified atom stereocenters. The fourth-order valence-electron chi connectivity index (χ4n) is 2.77. The first-order valence-corrected chi connectivity index (χ1v) is 7.11. The lowest BCUT2D eigenvalue weighted by Crippen LogP contribution is -2.46. The van der Waals surface area contributed by atoms with E-state index in [0.717, 1.165) is 19.6 Å². The number of hydrogen-bond donors (Lipinski definition) is 0. The molecule has 0 N–H and O–H groups in total. The summed E-state index contributed by atoms with van der Waals surface area (Å²) in [6.07, 6.45) is 0.440. The fraction of sp³-hybridized carbons (Fsp3) is 0.600. The van der Waals surface area contributed by atoms with Crippen LogP contribution in [0.3, 0.4) is 0 Å². The van der Waals surface area contributed by atoms with Gasteiger partial charge in [0, 0.05) is 25.5 Å². The molecule has 2 rings (SSSR count). The van der Waals surface area contributed by atoms with Crippen molar-refractivity contribution in [2.24, 2.45) is 0 Å². The van der Waals surface area contributed by atoms with Crippen LogP contribution in [0, 0.1) is 13.8 Å². The summed E-state index contributed by atoms with van der Waals surface area (Å²) in [6, 6.07) is 6.75. The van der Waals surface area contributed by atoms with Crippen LogP contribution < -0.4 is 0 Å². The van der Waals surface area contributed by atoms with Gasteiger partial charge in [0.1, 0.15) is 0 Å². The van der Waals surface area contributed by atoms with Crippen molar-refractivity contribution in [3.8, 4) is 0 Å². The van der Waals surface area contributed by atoms with Gasteiger partial charge in [-0.3, -0.25) is 4.90 Å². The molecule has 0 radical (unpaired) electrons. The molecule has 0 amide bonds. The quantitative estimate of drug-likeness (QED) is 0.781. The smallest absolute Gasteiger partial charge is 0.0841 e. The van der Waals surface area contributed by atoms with E-state index in [2.05, 4.69) is 43.9 Å². The average molecular weight is 268 g/mol. The highest BCUT2D eigenvalue weighted by atomic mass is 35.5. The summed E-state index contributed by atoms with van der Waals surface area (Å²) in [5, 5.41) is 0. The second kappa shape index (κ2) is 6.05. The number of rotatable bonds is 3. The Bertz CT molecular complexity index is 387. The summed E-state index contributed by atoms with van der Waals surface area (Å²) < 4.78 is 5.78. The van der Waals surface area contributed by atoms with Crippen molar-refractivity contribution >= 4 is 11.6 Å². The van der Waals surface area contributed by atoms with Gasteiger partial charge >= 0.3 is 0 Å². The molecule has 1 aliphatic rings. The van der Waals surface area contributed by atoms with Crippen LogP contribution >= 0.6 is 11.6 Å². The normalized spacial score (nSPS) is 25.3. The maximum Gasteiger partial charge on any atom is 0.0841 e. The van der Waals surface area contributed by atoms with Crippen LogP contribution in [0.2, 0.25) is 0 Å². The maximum atomic E-state index is 5.91. The van der Waals surface area contributed by atoms with E-state index >= 15 is 0 Å². The number of benzene rings is 1. The van der Waals surface area contributed by atoms with E-state index < -0.39 is 0 Å². The molecule has 1 aromatic carbocycles. The van der Waals surface area contributed by atoms with Gasteiger partial charge in [0.2, 0.25) is 0 Å². The van der Waals surface area contributed by atoms with Crippen LogP contribution in [0.5, 0.6) is 0 Å². The molecule has 2 atom stereocenters. The van der Waals surface area contributed by atoms with Gasteiger partial charge in [-0.2, -0.15) is 0 Å². The number of hydrogen-bond acceptors (Lipinski definition) is 2. The Morgan fingerprint density at radius 1 is 1.22 bits per heavy atom. The largest absolute Gasteiger partial charge is 0.371 e. The van der Waals surface area contributed by atoms with Gasteiger partial charge < -0.3 is 4.74 Å². The molecule has 2 nitrogen and oxygen atoms in total. The van der Waals surface area contributed by atoms with E-state index in [9.17, 15) is 0 Å². The zero-order chi connectivity index (χ0) is 13.1. The predicted octanol–water partition coefficient (Wildman–Crippen LogP) is 3.13. The minimum atomic E-state index is 0.168. The van der Waals surface area contributed by atoms with E-state index in [1.54, 1.807) is 0 Å². The summed E-state index contributed by atoms with van der Waals surface area (Å²) in [5.41, 5.74) is 4.05. The van der Waals surface area contributed by atoms with Crippen LogP contribution in [0.4, 0.5) is 0 Å². The molecular formula is C15H22ClNO. The van der Waals surface area contributed by atoms with Crippen LogP contribution in [-0.2, 0) is 11.3 Å². The fourth-order valence-corrected chi connectivity index (χ4v) is 2.94. The van der Waals surface area contributed by atoms with E-state index in [-0.39, 0.29) is 12.2 Å². The molecule has 1 aliphatic heterocycles.